The monoisotopic (exact) mass is 144 g/mol. The second kappa shape index (κ2) is 2.35. The van der Waals surface area contributed by atoms with Crippen LogP contribution in [0, 0.1) is 0 Å². The molecule has 0 N–H and O–H groups in total. The van der Waals surface area contributed by atoms with Crippen LogP contribution >= 0.6 is 0 Å². The zero-order valence-electron chi connectivity index (χ0n) is 6.08. The molecule has 0 aliphatic heterocycles. The summed E-state index contributed by atoms with van der Waals surface area (Å²) < 4.78 is 0. The Hall–Kier alpha value is -1.37. The predicted molar refractivity (Wildman–Crippen MR) is 45.5 cm³/mol. The highest BCUT2D eigenvalue weighted by Gasteiger charge is 2.01. The lowest BCUT2D eigenvalue weighted by Gasteiger charge is -1.86. The molecule has 0 aromatic heterocycles. The summed E-state index contributed by atoms with van der Waals surface area (Å²) in [5.74, 6) is 0. The van der Waals surface area contributed by atoms with E-state index in [9.17, 15) is 4.79 Å². The largest absolute Gasteiger partial charge is 0.290 e. The zero-order chi connectivity index (χ0) is 7.68. The van der Waals surface area contributed by atoms with E-state index in [-0.39, 0.29) is 5.43 Å². The lowest BCUT2D eigenvalue weighted by Crippen LogP contribution is -1.91. The van der Waals surface area contributed by atoms with Gasteiger partial charge in [-0.15, -0.1) is 0 Å². The first-order valence-electron chi connectivity index (χ1n) is 3.66. The van der Waals surface area contributed by atoms with Crippen LogP contribution in [0.3, 0.4) is 0 Å². The van der Waals surface area contributed by atoms with Gasteiger partial charge in [0.2, 0.25) is 0 Å². The van der Waals surface area contributed by atoms with Gasteiger partial charge in [0.1, 0.15) is 0 Å². The third-order valence-corrected chi connectivity index (χ3v) is 1.86. The van der Waals surface area contributed by atoms with Gasteiger partial charge in [0.15, 0.2) is 5.43 Å². The first-order valence-corrected chi connectivity index (χ1v) is 3.66. The van der Waals surface area contributed by atoms with Crippen molar-refractivity contribution in [2.75, 3.05) is 0 Å². The van der Waals surface area contributed by atoms with Crippen molar-refractivity contribution in [3.63, 3.8) is 0 Å². The smallest absolute Gasteiger partial charge is 0.178 e. The maximum Gasteiger partial charge on any atom is 0.178 e. The predicted octanol–water partition coefficient (Wildman–Crippen LogP) is 1.62. The molecule has 1 aromatic rings. The first-order chi connectivity index (χ1) is 5.36. The van der Waals surface area contributed by atoms with Crippen LogP contribution in [-0.2, 0) is 6.42 Å². The van der Waals surface area contributed by atoms with Gasteiger partial charge in [0, 0.05) is 0 Å². The van der Waals surface area contributed by atoms with Crippen molar-refractivity contribution in [1.29, 1.82) is 0 Å². The average molecular weight is 144 g/mol. The van der Waals surface area contributed by atoms with Crippen LogP contribution in [0.5, 0.6) is 0 Å². The molecule has 1 aromatic carbocycles. The van der Waals surface area contributed by atoms with Gasteiger partial charge in [-0.2, -0.15) is 0 Å². The molecule has 0 radical (unpaired) electrons. The molecular formula is C10H8O. The number of allylic oxidation sites excluding steroid dienone is 1. The molecule has 11 heavy (non-hydrogen) atoms. The molecule has 2 rings (SSSR count). The molecule has 0 amide bonds. The average Bonchev–Trinajstić information content (AvgIpc) is 2.31. The summed E-state index contributed by atoms with van der Waals surface area (Å²) in [6, 6.07) is 7.07. The number of hydrogen-bond donors (Lipinski definition) is 0. The summed E-state index contributed by atoms with van der Waals surface area (Å²) in [7, 11) is 0. The normalized spacial score (nSPS) is 13.1. The van der Waals surface area contributed by atoms with E-state index in [4.69, 9.17) is 0 Å². The minimum absolute atomic E-state index is 0.0925. The third kappa shape index (κ3) is 1.09. The van der Waals surface area contributed by atoms with Crippen molar-refractivity contribution < 1.29 is 0 Å². The first kappa shape index (κ1) is 6.35. The molecule has 0 atom stereocenters. The van der Waals surface area contributed by atoms with E-state index in [1.807, 2.05) is 6.07 Å². The van der Waals surface area contributed by atoms with E-state index in [1.54, 1.807) is 18.2 Å². The summed E-state index contributed by atoms with van der Waals surface area (Å²) in [6.07, 6.45) is 5.03. The Labute approximate surface area is 65.0 Å². The Morgan fingerprint density at radius 1 is 1.27 bits per heavy atom. The zero-order valence-corrected chi connectivity index (χ0v) is 6.08. The van der Waals surface area contributed by atoms with Crippen molar-refractivity contribution in [3.05, 3.63) is 51.7 Å². The SMILES string of the molecule is O=c1cccc2c(c1)CC=C2. The van der Waals surface area contributed by atoms with Gasteiger partial charge in [-0.05, 0) is 29.7 Å². The van der Waals surface area contributed by atoms with Crippen LogP contribution in [0.2, 0.25) is 0 Å². The fraction of sp³-hybridized carbons (Fsp3) is 0.100. The molecule has 1 aliphatic rings. The van der Waals surface area contributed by atoms with Gasteiger partial charge in [-0.3, -0.25) is 4.79 Å². The van der Waals surface area contributed by atoms with E-state index >= 15 is 0 Å². The van der Waals surface area contributed by atoms with Crippen LogP contribution in [0.4, 0.5) is 0 Å². The molecule has 0 saturated carbocycles. The van der Waals surface area contributed by atoms with Gasteiger partial charge in [-0.1, -0.05) is 24.3 Å². The second-order valence-electron chi connectivity index (χ2n) is 2.66. The summed E-state index contributed by atoms with van der Waals surface area (Å²) in [5.41, 5.74) is 2.40. The van der Waals surface area contributed by atoms with Crippen molar-refractivity contribution >= 4 is 6.08 Å². The Balaban J connectivity index is 2.75. The van der Waals surface area contributed by atoms with Crippen LogP contribution in [0.1, 0.15) is 11.1 Å². The van der Waals surface area contributed by atoms with E-state index < -0.39 is 0 Å². The maximum absolute atomic E-state index is 11.0. The van der Waals surface area contributed by atoms with E-state index in [0.717, 1.165) is 12.0 Å². The molecule has 1 nitrogen and oxygen atoms in total. The van der Waals surface area contributed by atoms with Gasteiger partial charge in [0.25, 0.3) is 0 Å². The van der Waals surface area contributed by atoms with Gasteiger partial charge in [0.05, 0.1) is 0 Å². The molecule has 0 saturated heterocycles. The second-order valence-corrected chi connectivity index (χ2v) is 2.66. The molecule has 0 spiro atoms. The number of fused-ring (bicyclic) bond motifs is 1. The van der Waals surface area contributed by atoms with Crippen LogP contribution < -0.4 is 5.43 Å². The molecule has 0 fully saturated rings. The molecule has 1 heteroatoms. The fourth-order valence-electron chi connectivity index (χ4n) is 1.31. The molecule has 54 valence electrons. The van der Waals surface area contributed by atoms with Gasteiger partial charge in [-0.25, -0.2) is 0 Å². The molecule has 0 unspecified atom stereocenters. The van der Waals surface area contributed by atoms with Crippen molar-refractivity contribution in [2.45, 2.75) is 6.42 Å². The Morgan fingerprint density at radius 3 is 3.09 bits per heavy atom. The standard InChI is InChI=1S/C10H8O/c11-10-6-2-4-8-3-1-5-9(8)7-10/h1-4,6-7H,5H2. The van der Waals surface area contributed by atoms with E-state index in [0.29, 0.717) is 0 Å². The van der Waals surface area contributed by atoms with Crippen molar-refractivity contribution in [1.82, 2.24) is 0 Å². The van der Waals surface area contributed by atoms with E-state index in [2.05, 4.69) is 12.2 Å². The summed E-state index contributed by atoms with van der Waals surface area (Å²) in [5, 5.41) is 0. The highest BCUT2D eigenvalue weighted by Crippen LogP contribution is 2.15. The Morgan fingerprint density at radius 2 is 2.18 bits per heavy atom. The molecule has 0 heterocycles. The number of hydrogen-bond acceptors (Lipinski definition) is 1. The Bertz CT molecular complexity index is 364. The summed E-state index contributed by atoms with van der Waals surface area (Å²) in [4.78, 5) is 11.0. The summed E-state index contributed by atoms with van der Waals surface area (Å²) in [6.45, 7) is 0. The molecular weight excluding hydrogens is 136 g/mol. The minimum Gasteiger partial charge on any atom is -0.290 e. The molecule has 0 bridgehead atoms. The topological polar surface area (TPSA) is 17.1 Å². The van der Waals surface area contributed by atoms with Crippen LogP contribution in [-0.4, -0.2) is 0 Å². The Kier molecular flexibility index (Phi) is 1.35. The van der Waals surface area contributed by atoms with Crippen molar-refractivity contribution in [2.24, 2.45) is 0 Å². The van der Waals surface area contributed by atoms with Crippen LogP contribution in [0.15, 0.2) is 35.1 Å². The lowest BCUT2D eigenvalue weighted by atomic mass is 10.2. The number of rotatable bonds is 0. The maximum atomic E-state index is 11.0. The van der Waals surface area contributed by atoms with Gasteiger partial charge >= 0.3 is 0 Å². The highest BCUT2D eigenvalue weighted by molar-refractivity contribution is 5.58. The third-order valence-electron chi connectivity index (χ3n) is 1.86. The fourth-order valence-corrected chi connectivity index (χ4v) is 1.31. The van der Waals surface area contributed by atoms with Crippen molar-refractivity contribution in [3.8, 4) is 0 Å². The van der Waals surface area contributed by atoms with Crippen LogP contribution in [0.25, 0.3) is 6.08 Å². The van der Waals surface area contributed by atoms with Gasteiger partial charge < -0.3 is 0 Å². The van der Waals surface area contributed by atoms with E-state index in [1.165, 1.54) is 5.56 Å². The highest BCUT2D eigenvalue weighted by atomic mass is 16.1. The summed E-state index contributed by atoms with van der Waals surface area (Å²) >= 11 is 0. The lowest BCUT2D eigenvalue weighted by molar-refractivity contribution is 1.31. The molecule has 1 aliphatic carbocycles. The minimum atomic E-state index is 0.0925. The quantitative estimate of drug-likeness (QED) is 0.540.